The zero-order valence-corrected chi connectivity index (χ0v) is 17.1. The summed E-state index contributed by atoms with van der Waals surface area (Å²) in [5, 5.41) is 7.39. The molecule has 1 N–H and O–H groups in total. The number of rotatable bonds is 6. The fraction of sp³-hybridized carbons (Fsp3) is 0.143. The van der Waals surface area contributed by atoms with Gasteiger partial charge in [-0.05, 0) is 48.9 Å². The SMILES string of the molecule is COc1ccc(-c2nc(-c3cn(CC(=O)Nc4ccc(C)c(Cl)c4)cn3)no2)cc1. The number of anilines is 1. The van der Waals surface area contributed by atoms with Gasteiger partial charge < -0.3 is 19.1 Å². The molecule has 4 rings (SSSR count). The number of nitrogens with zero attached hydrogens (tertiary/aromatic N) is 4. The maximum atomic E-state index is 12.3. The van der Waals surface area contributed by atoms with E-state index in [0.717, 1.165) is 16.9 Å². The molecule has 8 nitrogen and oxygen atoms in total. The van der Waals surface area contributed by atoms with Gasteiger partial charge in [-0.25, -0.2) is 4.98 Å². The van der Waals surface area contributed by atoms with Gasteiger partial charge in [0.15, 0.2) is 0 Å². The fourth-order valence-electron chi connectivity index (χ4n) is 2.78. The monoisotopic (exact) mass is 423 g/mol. The second kappa shape index (κ2) is 8.38. The predicted octanol–water partition coefficient (Wildman–Crippen LogP) is 4.21. The van der Waals surface area contributed by atoms with Crippen molar-refractivity contribution in [2.24, 2.45) is 0 Å². The quantitative estimate of drug-likeness (QED) is 0.499. The molecule has 2 heterocycles. The summed E-state index contributed by atoms with van der Waals surface area (Å²) in [6, 6.07) is 12.7. The first-order valence-corrected chi connectivity index (χ1v) is 9.46. The van der Waals surface area contributed by atoms with E-state index in [2.05, 4.69) is 20.4 Å². The van der Waals surface area contributed by atoms with Crippen LogP contribution < -0.4 is 10.1 Å². The lowest BCUT2D eigenvalue weighted by Gasteiger charge is -2.07. The molecule has 4 aromatic rings. The Hall–Kier alpha value is -3.65. The van der Waals surface area contributed by atoms with Gasteiger partial charge in [0, 0.05) is 22.5 Å². The molecule has 0 aliphatic heterocycles. The van der Waals surface area contributed by atoms with Crippen LogP contribution >= 0.6 is 11.6 Å². The normalized spacial score (nSPS) is 10.8. The topological polar surface area (TPSA) is 95.1 Å². The van der Waals surface area contributed by atoms with E-state index < -0.39 is 0 Å². The zero-order valence-electron chi connectivity index (χ0n) is 16.3. The Morgan fingerprint density at radius 1 is 1.23 bits per heavy atom. The third-order valence-corrected chi connectivity index (χ3v) is 4.81. The molecule has 0 aliphatic carbocycles. The summed E-state index contributed by atoms with van der Waals surface area (Å²) < 4.78 is 12.1. The van der Waals surface area contributed by atoms with Crippen molar-refractivity contribution in [1.82, 2.24) is 19.7 Å². The molecule has 0 saturated heterocycles. The van der Waals surface area contributed by atoms with Crippen LogP contribution in [0.1, 0.15) is 5.56 Å². The van der Waals surface area contributed by atoms with Crippen LogP contribution in [0.4, 0.5) is 5.69 Å². The van der Waals surface area contributed by atoms with Gasteiger partial charge in [-0.15, -0.1) is 0 Å². The molecule has 0 atom stereocenters. The van der Waals surface area contributed by atoms with Crippen molar-refractivity contribution >= 4 is 23.2 Å². The van der Waals surface area contributed by atoms with Crippen molar-refractivity contribution in [3.8, 4) is 28.7 Å². The summed E-state index contributed by atoms with van der Waals surface area (Å²) in [4.78, 5) is 20.9. The molecule has 0 fully saturated rings. The molecule has 0 unspecified atom stereocenters. The first kappa shape index (κ1) is 19.7. The van der Waals surface area contributed by atoms with E-state index in [-0.39, 0.29) is 12.5 Å². The number of benzene rings is 2. The lowest BCUT2D eigenvalue weighted by atomic mass is 10.2. The van der Waals surface area contributed by atoms with Crippen LogP contribution in [-0.4, -0.2) is 32.7 Å². The van der Waals surface area contributed by atoms with Gasteiger partial charge in [0.25, 0.3) is 5.89 Å². The number of halogens is 1. The van der Waals surface area contributed by atoms with Gasteiger partial charge in [-0.1, -0.05) is 22.8 Å². The molecule has 1 amide bonds. The minimum atomic E-state index is -0.203. The number of ether oxygens (including phenoxy) is 1. The lowest BCUT2D eigenvalue weighted by molar-refractivity contribution is -0.116. The number of amides is 1. The van der Waals surface area contributed by atoms with Crippen LogP contribution in [0.2, 0.25) is 5.02 Å². The Labute approximate surface area is 177 Å². The first-order chi connectivity index (χ1) is 14.5. The number of methoxy groups -OCH3 is 1. The van der Waals surface area contributed by atoms with Gasteiger partial charge >= 0.3 is 0 Å². The van der Waals surface area contributed by atoms with E-state index in [1.807, 2.05) is 37.3 Å². The Balaban J connectivity index is 1.43. The second-order valence-corrected chi connectivity index (χ2v) is 7.00. The molecule has 0 radical (unpaired) electrons. The van der Waals surface area contributed by atoms with E-state index in [9.17, 15) is 4.79 Å². The van der Waals surface area contributed by atoms with Crippen molar-refractivity contribution in [2.45, 2.75) is 13.5 Å². The molecule has 0 aliphatic rings. The molecule has 0 bridgehead atoms. The molecule has 0 saturated carbocycles. The number of imidazole rings is 1. The molecular formula is C21H18ClN5O3. The highest BCUT2D eigenvalue weighted by Gasteiger charge is 2.14. The number of hydrogen-bond acceptors (Lipinski definition) is 6. The number of carbonyl (C=O) groups is 1. The summed E-state index contributed by atoms with van der Waals surface area (Å²) in [5.74, 6) is 1.25. The largest absolute Gasteiger partial charge is 0.497 e. The van der Waals surface area contributed by atoms with Crippen LogP contribution in [0.15, 0.2) is 59.5 Å². The van der Waals surface area contributed by atoms with Crippen LogP contribution in [0.25, 0.3) is 23.0 Å². The number of nitrogens with one attached hydrogen (secondary N) is 1. The smallest absolute Gasteiger partial charge is 0.258 e. The van der Waals surface area contributed by atoms with Gasteiger partial charge in [0.1, 0.15) is 18.0 Å². The van der Waals surface area contributed by atoms with Crippen LogP contribution in [0.5, 0.6) is 5.75 Å². The Kier molecular flexibility index (Phi) is 5.49. The molecule has 152 valence electrons. The molecule has 2 aromatic heterocycles. The van der Waals surface area contributed by atoms with Crippen molar-refractivity contribution in [3.05, 3.63) is 65.6 Å². The minimum absolute atomic E-state index is 0.0850. The number of aryl methyl sites for hydroxylation is 1. The van der Waals surface area contributed by atoms with Crippen molar-refractivity contribution in [2.75, 3.05) is 12.4 Å². The Morgan fingerprint density at radius 2 is 2.03 bits per heavy atom. The van der Waals surface area contributed by atoms with Gasteiger partial charge in [0.05, 0.1) is 13.4 Å². The predicted molar refractivity (Wildman–Crippen MR) is 112 cm³/mol. The third-order valence-electron chi connectivity index (χ3n) is 4.41. The van der Waals surface area contributed by atoms with Crippen LogP contribution in [0.3, 0.4) is 0 Å². The van der Waals surface area contributed by atoms with E-state index in [4.69, 9.17) is 20.9 Å². The average molecular weight is 424 g/mol. The highest BCUT2D eigenvalue weighted by molar-refractivity contribution is 6.31. The van der Waals surface area contributed by atoms with Crippen molar-refractivity contribution < 1.29 is 14.1 Å². The number of hydrogen-bond donors (Lipinski definition) is 1. The summed E-state index contributed by atoms with van der Waals surface area (Å²) in [6.45, 7) is 1.99. The summed E-state index contributed by atoms with van der Waals surface area (Å²) in [6.07, 6.45) is 3.23. The summed E-state index contributed by atoms with van der Waals surface area (Å²) in [7, 11) is 1.60. The standard InChI is InChI=1S/C21H18ClN5O3/c1-13-3-6-15(9-17(13)22)24-19(28)11-27-10-18(23-12-27)20-25-21(30-26-20)14-4-7-16(29-2)8-5-14/h3-10,12H,11H2,1-2H3,(H,24,28). The van der Waals surface area contributed by atoms with Crippen molar-refractivity contribution in [1.29, 1.82) is 0 Å². The second-order valence-electron chi connectivity index (χ2n) is 6.60. The van der Waals surface area contributed by atoms with E-state index in [1.165, 1.54) is 0 Å². The maximum absolute atomic E-state index is 12.3. The van der Waals surface area contributed by atoms with Crippen LogP contribution in [0, 0.1) is 6.92 Å². The van der Waals surface area contributed by atoms with E-state index in [0.29, 0.717) is 28.1 Å². The third kappa shape index (κ3) is 4.33. The number of aromatic nitrogens is 4. The van der Waals surface area contributed by atoms with Gasteiger partial charge in [-0.2, -0.15) is 4.98 Å². The summed E-state index contributed by atoms with van der Waals surface area (Å²) in [5.41, 5.74) is 2.86. The van der Waals surface area contributed by atoms with E-state index >= 15 is 0 Å². The first-order valence-electron chi connectivity index (χ1n) is 9.08. The molecule has 2 aromatic carbocycles. The highest BCUT2D eigenvalue weighted by Crippen LogP contribution is 2.23. The number of carbonyl (C=O) groups excluding carboxylic acids is 1. The van der Waals surface area contributed by atoms with Gasteiger partial charge in [-0.3, -0.25) is 4.79 Å². The fourth-order valence-corrected chi connectivity index (χ4v) is 2.96. The van der Waals surface area contributed by atoms with Crippen LogP contribution in [-0.2, 0) is 11.3 Å². The van der Waals surface area contributed by atoms with Crippen molar-refractivity contribution in [3.63, 3.8) is 0 Å². The zero-order chi connectivity index (χ0) is 21.1. The molecule has 30 heavy (non-hydrogen) atoms. The molecule has 9 heteroatoms. The van der Waals surface area contributed by atoms with E-state index in [1.54, 1.807) is 36.3 Å². The molecular weight excluding hydrogens is 406 g/mol. The lowest BCUT2D eigenvalue weighted by Crippen LogP contribution is -2.17. The van der Waals surface area contributed by atoms with Gasteiger partial charge in [0.2, 0.25) is 11.7 Å². The molecule has 0 spiro atoms. The Bertz CT molecular complexity index is 1180. The summed E-state index contributed by atoms with van der Waals surface area (Å²) >= 11 is 6.09. The maximum Gasteiger partial charge on any atom is 0.258 e. The highest BCUT2D eigenvalue weighted by atomic mass is 35.5. The average Bonchev–Trinajstić information content (AvgIpc) is 3.40. The Morgan fingerprint density at radius 3 is 2.77 bits per heavy atom. The minimum Gasteiger partial charge on any atom is -0.497 e.